The lowest BCUT2D eigenvalue weighted by Crippen LogP contribution is -2.50. The number of benzene rings is 1. The van der Waals surface area contributed by atoms with Gasteiger partial charge in [-0.2, -0.15) is 0 Å². The highest BCUT2D eigenvalue weighted by Gasteiger charge is 2.45. The van der Waals surface area contributed by atoms with Crippen LogP contribution in [-0.2, 0) is 0 Å². The first-order valence-corrected chi connectivity index (χ1v) is 8.79. The van der Waals surface area contributed by atoms with Crippen LogP contribution in [0.25, 0.3) is 0 Å². The number of nitrogens with zero attached hydrogens (tertiary/aromatic N) is 2. The number of halogens is 1. The highest BCUT2D eigenvalue weighted by molar-refractivity contribution is 7.11. The third-order valence-electron chi connectivity index (χ3n) is 4.28. The molecule has 0 bridgehead atoms. The average Bonchev–Trinajstić information content (AvgIpc) is 3.17. The Morgan fingerprint density at radius 1 is 1.48 bits per heavy atom. The van der Waals surface area contributed by atoms with Crippen molar-refractivity contribution >= 4 is 17.2 Å². The van der Waals surface area contributed by atoms with Gasteiger partial charge in [0.2, 0.25) is 0 Å². The molecule has 0 aliphatic heterocycles. The predicted molar refractivity (Wildman–Crippen MR) is 92.3 cm³/mol. The van der Waals surface area contributed by atoms with Crippen LogP contribution >= 0.6 is 11.3 Å². The smallest absolute Gasteiger partial charge is 0.263 e. The quantitative estimate of drug-likeness (QED) is 0.840. The Hall–Kier alpha value is -2.03. The number of likely N-dealkylation sites (N-methyl/N-ethyl adjacent to an activating group) is 1. The van der Waals surface area contributed by atoms with Crippen LogP contribution in [0.3, 0.4) is 0 Å². The molecule has 1 amide bonds. The lowest BCUT2D eigenvalue weighted by atomic mass is 10.1. The van der Waals surface area contributed by atoms with Crippen molar-refractivity contribution in [2.45, 2.75) is 30.7 Å². The number of aliphatic hydroxyl groups excluding tert-OH is 1. The summed E-state index contributed by atoms with van der Waals surface area (Å²) in [5, 5.41) is 13.6. The zero-order chi connectivity index (χ0) is 18.0. The second-order valence-electron chi connectivity index (χ2n) is 6.24. The number of aromatic nitrogens is 1. The number of hydrogen-bond acceptors (Lipinski definition) is 6. The van der Waals surface area contributed by atoms with E-state index in [1.165, 1.54) is 29.7 Å². The summed E-state index contributed by atoms with van der Waals surface area (Å²) in [6.45, 7) is 0. The minimum atomic E-state index is -0.815. The summed E-state index contributed by atoms with van der Waals surface area (Å²) in [7, 11) is 3.68. The molecule has 134 valence electrons. The third kappa shape index (κ3) is 3.97. The van der Waals surface area contributed by atoms with Crippen LogP contribution in [0.15, 0.2) is 36.0 Å². The van der Waals surface area contributed by atoms with E-state index >= 15 is 0 Å². The molecule has 1 heterocycles. The molecule has 25 heavy (non-hydrogen) atoms. The minimum Gasteiger partial charge on any atom is -0.487 e. The Kier molecular flexibility index (Phi) is 5.31. The Bertz CT molecular complexity index is 726. The van der Waals surface area contributed by atoms with E-state index in [4.69, 9.17) is 4.74 Å². The van der Waals surface area contributed by atoms with Crippen LogP contribution < -0.4 is 10.1 Å². The fourth-order valence-corrected chi connectivity index (χ4v) is 3.72. The van der Waals surface area contributed by atoms with Crippen molar-refractivity contribution in [3.63, 3.8) is 0 Å². The maximum atomic E-state index is 13.3. The number of amides is 1. The van der Waals surface area contributed by atoms with Crippen LogP contribution in [0.5, 0.6) is 5.75 Å². The normalized spacial score (nSPS) is 26.0. The van der Waals surface area contributed by atoms with Crippen LogP contribution in [0, 0.1) is 5.82 Å². The molecule has 1 saturated carbocycles. The van der Waals surface area contributed by atoms with Crippen molar-refractivity contribution in [2.75, 3.05) is 14.1 Å². The van der Waals surface area contributed by atoms with Gasteiger partial charge in [0.15, 0.2) is 0 Å². The largest absolute Gasteiger partial charge is 0.487 e. The number of ether oxygens (including phenoxy) is 1. The summed E-state index contributed by atoms with van der Waals surface area (Å²) < 4.78 is 19.1. The second-order valence-corrected chi connectivity index (χ2v) is 7.13. The van der Waals surface area contributed by atoms with Gasteiger partial charge in [0.1, 0.15) is 28.7 Å². The molecule has 0 unspecified atom stereocenters. The number of nitrogens with one attached hydrogen (secondary N) is 1. The van der Waals surface area contributed by atoms with E-state index in [0.717, 1.165) is 0 Å². The molecule has 1 aromatic carbocycles. The molecule has 8 heteroatoms. The lowest BCUT2D eigenvalue weighted by molar-refractivity contribution is 0.0209. The van der Waals surface area contributed by atoms with Gasteiger partial charge in [-0.3, -0.25) is 9.78 Å². The Labute approximate surface area is 149 Å². The van der Waals surface area contributed by atoms with E-state index in [0.29, 0.717) is 17.0 Å². The molecule has 6 nitrogen and oxygen atoms in total. The fraction of sp³-hybridized carbons (Fsp3) is 0.412. The molecule has 2 aromatic rings. The number of carbonyl (C=O) groups is 1. The van der Waals surface area contributed by atoms with Crippen molar-refractivity contribution in [1.29, 1.82) is 0 Å². The van der Waals surface area contributed by atoms with Crippen LogP contribution in [0.4, 0.5) is 4.39 Å². The monoisotopic (exact) mass is 365 g/mol. The van der Waals surface area contributed by atoms with Crippen molar-refractivity contribution < 1.29 is 19.0 Å². The molecule has 2 N–H and O–H groups in total. The Balaban J connectivity index is 1.73. The van der Waals surface area contributed by atoms with Gasteiger partial charge in [-0.25, -0.2) is 4.39 Å². The average molecular weight is 365 g/mol. The molecular formula is C17H20FN3O3S. The molecule has 1 aliphatic carbocycles. The van der Waals surface area contributed by atoms with Crippen LogP contribution in [0.1, 0.15) is 16.1 Å². The van der Waals surface area contributed by atoms with Gasteiger partial charge in [0, 0.05) is 12.5 Å². The van der Waals surface area contributed by atoms with Gasteiger partial charge < -0.3 is 20.1 Å². The summed E-state index contributed by atoms with van der Waals surface area (Å²) in [5.41, 5.74) is 1.59. The maximum absolute atomic E-state index is 13.3. The predicted octanol–water partition coefficient (Wildman–Crippen LogP) is 1.52. The summed E-state index contributed by atoms with van der Waals surface area (Å²) in [4.78, 5) is 18.6. The Morgan fingerprint density at radius 2 is 2.28 bits per heavy atom. The van der Waals surface area contributed by atoms with E-state index in [2.05, 4.69) is 10.3 Å². The molecule has 1 aliphatic rings. The SMILES string of the molecule is CN(C)[C@@H]1[C@@H](O)[C@H](Oc2cccc(F)c2)C[C@H]1NC(=O)c1cncs1. The highest BCUT2D eigenvalue weighted by atomic mass is 32.1. The zero-order valence-corrected chi connectivity index (χ0v) is 14.7. The first-order chi connectivity index (χ1) is 12.0. The topological polar surface area (TPSA) is 74.7 Å². The van der Waals surface area contributed by atoms with Crippen molar-refractivity contribution in [2.24, 2.45) is 0 Å². The standard InChI is InChI=1S/C17H20FN3O3S/c1-21(2)15-12(20-17(23)14-8-19-9-25-14)7-13(16(15)22)24-11-5-3-4-10(18)6-11/h3-6,8-9,12-13,15-16,22H,7H2,1-2H3,(H,20,23)/t12-,13-,15+,16+/m1/s1. The lowest BCUT2D eigenvalue weighted by Gasteiger charge is -2.29. The van der Waals surface area contributed by atoms with E-state index in [1.807, 2.05) is 19.0 Å². The van der Waals surface area contributed by atoms with E-state index in [-0.39, 0.29) is 18.0 Å². The van der Waals surface area contributed by atoms with Crippen molar-refractivity contribution in [3.05, 3.63) is 46.7 Å². The van der Waals surface area contributed by atoms with Crippen LogP contribution in [0.2, 0.25) is 0 Å². The van der Waals surface area contributed by atoms with Crippen molar-refractivity contribution in [1.82, 2.24) is 15.2 Å². The zero-order valence-electron chi connectivity index (χ0n) is 13.9. The summed E-state index contributed by atoms with van der Waals surface area (Å²) in [6, 6.07) is 5.20. The van der Waals surface area contributed by atoms with Gasteiger partial charge in [-0.1, -0.05) is 6.07 Å². The van der Waals surface area contributed by atoms with Gasteiger partial charge in [0.25, 0.3) is 5.91 Å². The second kappa shape index (κ2) is 7.47. The molecule has 0 spiro atoms. The van der Waals surface area contributed by atoms with Gasteiger partial charge in [-0.15, -0.1) is 11.3 Å². The van der Waals surface area contributed by atoms with E-state index in [9.17, 15) is 14.3 Å². The summed E-state index contributed by atoms with van der Waals surface area (Å²) >= 11 is 1.26. The molecular weight excluding hydrogens is 345 g/mol. The number of carbonyl (C=O) groups excluding carboxylic acids is 1. The fourth-order valence-electron chi connectivity index (χ4n) is 3.20. The molecule has 4 atom stereocenters. The van der Waals surface area contributed by atoms with E-state index < -0.39 is 18.0 Å². The van der Waals surface area contributed by atoms with Gasteiger partial charge in [-0.05, 0) is 26.2 Å². The minimum absolute atomic E-state index is 0.224. The number of thiazole rings is 1. The molecule has 1 fully saturated rings. The maximum Gasteiger partial charge on any atom is 0.263 e. The molecule has 1 aromatic heterocycles. The third-order valence-corrected chi connectivity index (χ3v) is 5.05. The number of hydrogen-bond donors (Lipinski definition) is 2. The molecule has 0 radical (unpaired) electrons. The first-order valence-electron chi connectivity index (χ1n) is 7.92. The summed E-state index contributed by atoms with van der Waals surface area (Å²) in [5.74, 6) is -0.266. The summed E-state index contributed by atoms with van der Waals surface area (Å²) in [6.07, 6.45) is 0.577. The highest BCUT2D eigenvalue weighted by Crippen LogP contribution is 2.29. The van der Waals surface area contributed by atoms with Crippen molar-refractivity contribution in [3.8, 4) is 5.75 Å². The first kappa shape index (κ1) is 17.8. The van der Waals surface area contributed by atoms with Gasteiger partial charge in [0.05, 0.1) is 23.8 Å². The van der Waals surface area contributed by atoms with E-state index in [1.54, 1.807) is 17.6 Å². The molecule has 0 saturated heterocycles. The van der Waals surface area contributed by atoms with Gasteiger partial charge >= 0.3 is 0 Å². The van der Waals surface area contributed by atoms with Crippen LogP contribution in [-0.4, -0.2) is 59.3 Å². The Morgan fingerprint density at radius 3 is 2.92 bits per heavy atom. The number of rotatable bonds is 5. The molecule has 3 rings (SSSR count). The number of aliphatic hydroxyl groups is 1.